The van der Waals surface area contributed by atoms with Crippen LogP contribution in [0.4, 0.5) is 0 Å². The van der Waals surface area contributed by atoms with Gasteiger partial charge in [0, 0.05) is 5.57 Å². The monoisotopic (exact) mass is 232 g/mol. The van der Waals surface area contributed by atoms with Crippen molar-refractivity contribution >= 4 is 40.6 Å². The maximum atomic E-state index is 11.3. The summed E-state index contributed by atoms with van der Waals surface area (Å²) < 4.78 is 4.54. The average molecular weight is 232 g/mol. The predicted octanol–water partition coefficient (Wildman–Crippen LogP) is 0.786. The molecule has 0 saturated heterocycles. The van der Waals surface area contributed by atoms with E-state index in [-0.39, 0.29) is 10.2 Å². The maximum absolute atomic E-state index is 11.3. The van der Waals surface area contributed by atoms with Gasteiger partial charge in [-0.3, -0.25) is 0 Å². The largest absolute Gasteiger partial charge is 0.396 e. The molecule has 4 N–H and O–H groups in total. The van der Waals surface area contributed by atoms with Crippen LogP contribution in [-0.4, -0.2) is 16.1 Å². The van der Waals surface area contributed by atoms with E-state index in [9.17, 15) is 4.79 Å². The van der Waals surface area contributed by atoms with Crippen LogP contribution in [0.5, 0.6) is 0 Å². The molecule has 0 aromatic heterocycles. The number of rotatable bonds is 3. The number of nitrogens with two attached hydrogens (primary N) is 2. The van der Waals surface area contributed by atoms with Crippen LogP contribution in [0.3, 0.4) is 0 Å². The lowest BCUT2D eigenvalue weighted by molar-refractivity contribution is -0.131. The molecule has 0 aromatic rings. The number of esters is 1. The van der Waals surface area contributed by atoms with Crippen molar-refractivity contribution in [3.05, 3.63) is 11.1 Å². The Balaban J connectivity index is 4.86. The van der Waals surface area contributed by atoms with E-state index in [2.05, 4.69) is 17.0 Å². The van der Waals surface area contributed by atoms with Crippen LogP contribution >= 0.6 is 24.4 Å². The van der Waals surface area contributed by atoms with Gasteiger partial charge in [-0.25, -0.2) is 4.79 Å². The summed E-state index contributed by atoms with van der Waals surface area (Å²) in [5.74, 6) is -0.609. The van der Waals surface area contributed by atoms with Crippen LogP contribution < -0.4 is 11.5 Å². The smallest absolute Gasteiger partial charge is 0.341 e. The number of carbonyl (C=O) groups is 1. The van der Waals surface area contributed by atoms with Crippen molar-refractivity contribution < 1.29 is 9.53 Å². The van der Waals surface area contributed by atoms with E-state index in [0.717, 1.165) is 0 Å². The minimum absolute atomic E-state index is 0.185. The van der Waals surface area contributed by atoms with Gasteiger partial charge in [-0.05, 0) is 31.1 Å². The first kappa shape index (κ1) is 13.0. The summed E-state index contributed by atoms with van der Waals surface area (Å²) in [5.41, 5.74) is 11.4. The van der Waals surface area contributed by atoms with E-state index in [1.807, 2.05) is 6.92 Å². The van der Waals surface area contributed by atoms with Crippen LogP contribution in [0.2, 0.25) is 0 Å². The molecule has 0 aliphatic carbocycles. The van der Waals surface area contributed by atoms with Gasteiger partial charge >= 0.3 is 5.97 Å². The Bertz CT molecular complexity index is 310. The lowest BCUT2D eigenvalue weighted by Gasteiger charge is -2.07. The Morgan fingerprint density at radius 2 is 1.86 bits per heavy atom. The number of ether oxygens (including phenoxy) is 1. The minimum atomic E-state index is -0.609. The molecule has 0 rings (SSSR count). The highest BCUT2D eigenvalue weighted by Crippen LogP contribution is 2.10. The van der Waals surface area contributed by atoms with Crippen LogP contribution in [-0.2, 0) is 9.53 Å². The SMILES string of the molecule is CCC(C(N)=S)=C(C)C(=O)OC(N)=S. The van der Waals surface area contributed by atoms with Crippen LogP contribution in [0.1, 0.15) is 20.3 Å². The Morgan fingerprint density at radius 1 is 1.36 bits per heavy atom. The highest BCUT2D eigenvalue weighted by atomic mass is 32.1. The third kappa shape index (κ3) is 3.80. The standard InChI is InChI=1S/C8H12N2O2S2/c1-3-5(6(9)13)4(2)7(11)12-8(10)14/h3H2,1-2H3,(H2,9,13)(H2,10,14). The minimum Gasteiger partial charge on any atom is -0.396 e. The predicted molar refractivity (Wildman–Crippen MR) is 62.7 cm³/mol. The van der Waals surface area contributed by atoms with E-state index < -0.39 is 5.97 Å². The number of carbonyl (C=O) groups excluding carboxylic acids is 1. The Morgan fingerprint density at radius 3 is 2.14 bits per heavy atom. The molecule has 0 aromatic carbocycles. The van der Waals surface area contributed by atoms with Crippen molar-refractivity contribution in [2.24, 2.45) is 11.5 Å². The fourth-order valence-corrected chi connectivity index (χ4v) is 1.29. The van der Waals surface area contributed by atoms with E-state index in [0.29, 0.717) is 17.6 Å². The molecule has 0 unspecified atom stereocenters. The van der Waals surface area contributed by atoms with Crippen LogP contribution in [0.25, 0.3) is 0 Å². The van der Waals surface area contributed by atoms with Gasteiger partial charge < -0.3 is 16.2 Å². The molecule has 0 aliphatic heterocycles. The number of thiocarbonyl (C=S) groups is 2. The van der Waals surface area contributed by atoms with Crippen molar-refractivity contribution in [3.8, 4) is 0 Å². The summed E-state index contributed by atoms with van der Waals surface area (Å²) in [5, 5.41) is -0.312. The molecule has 0 amide bonds. The van der Waals surface area contributed by atoms with Crippen molar-refractivity contribution in [2.45, 2.75) is 20.3 Å². The van der Waals surface area contributed by atoms with E-state index in [4.69, 9.17) is 23.7 Å². The van der Waals surface area contributed by atoms with Gasteiger partial charge in [-0.2, -0.15) is 0 Å². The van der Waals surface area contributed by atoms with E-state index in [1.54, 1.807) is 6.92 Å². The number of hydrogen-bond donors (Lipinski definition) is 2. The van der Waals surface area contributed by atoms with Crippen molar-refractivity contribution in [2.75, 3.05) is 0 Å². The fourth-order valence-electron chi connectivity index (χ4n) is 0.915. The van der Waals surface area contributed by atoms with Gasteiger partial charge in [-0.1, -0.05) is 19.1 Å². The highest BCUT2D eigenvalue weighted by Gasteiger charge is 2.13. The molecular formula is C8H12N2O2S2. The highest BCUT2D eigenvalue weighted by molar-refractivity contribution is 7.80. The van der Waals surface area contributed by atoms with E-state index >= 15 is 0 Å². The molecule has 0 spiro atoms. The zero-order valence-corrected chi connectivity index (χ0v) is 9.63. The van der Waals surface area contributed by atoms with Crippen molar-refractivity contribution in [1.82, 2.24) is 0 Å². The molecule has 0 fully saturated rings. The zero-order valence-electron chi connectivity index (χ0n) is 7.99. The second-order valence-corrected chi connectivity index (χ2v) is 3.37. The second-order valence-electron chi connectivity index (χ2n) is 2.53. The lowest BCUT2D eigenvalue weighted by Crippen LogP contribution is -2.22. The van der Waals surface area contributed by atoms with Gasteiger partial charge in [0.15, 0.2) is 0 Å². The first-order valence-electron chi connectivity index (χ1n) is 3.91. The first-order chi connectivity index (χ1) is 6.40. The topological polar surface area (TPSA) is 78.3 Å². The molecule has 0 atom stereocenters. The molecule has 4 nitrogen and oxygen atoms in total. The van der Waals surface area contributed by atoms with Gasteiger partial charge in [0.05, 0.1) is 4.99 Å². The van der Waals surface area contributed by atoms with Crippen LogP contribution in [0.15, 0.2) is 11.1 Å². The van der Waals surface area contributed by atoms with Crippen LogP contribution in [0, 0.1) is 0 Å². The molecule has 0 radical (unpaired) electrons. The zero-order chi connectivity index (χ0) is 11.3. The fraction of sp³-hybridized carbons (Fsp3) is 0.375. The molecule has 14 heavy (non-hydrogen) atoms. The van der Waals surface area contributed by atoms with Crippen molar-refractivity contribution in [1.29, 1.82) is 0 Å². The third-order valence-electron chi connectivity index (χ3n) is 1.60. The molecule has 0 aliphatic rings. The van der Waals surface area contributed by atoms with Gasteiger partial charge in [0.1, 0.15) is 0 Å². The Labute approximate surface area is 93.3 Å². The maximum Gasteiger partial charge on any atom is 0.341 e. The Hall–Kier alpha value is -1.01. The van der Waals surface area contributed by atoms with Gasteiger partial charge in [0.2, 0.25) is 0 Å². The normalized spacial score (nSPS) is 11.6. The summed E-state index contributed by atoms with van der Waals surface area (Å²) >= 11 is 9.20. The molecule has 0 bridgehead atoms. The average Bonchev–Trinajstić information content (AvgIpc) is 2.03. The molecule has 0 saturated carbocycles. The summed E-state index contributed by atoms with van der Waals surface area (Å²) in [6, 6.07) is 0. The quantitative estimate of drug-likeness (QED) is 0.425. The molecule has 0 heterocycles. The van der Waals surface area contributed by atoms with E-state index in [1.165, 1.54) is 0 Å². The Kier molecular flexibility index (Phi) is 5.26. The summed E-state index contributed by atoms with van der Waals surface area (Å²) in [6.45, 7) is 3.41. The van der Waals surface area contributed by atoms with Gasteiger partial charge in [0.25, 0.3) is 5.17 Å². The molecule has 78 valence electrons. The summed E-state index contributed by atoms with van der Waals surface area (Å²) in [7, 11) is 0. The molecular weight excluding hydrogens is 220 g/mol. The third-order valence-corrected chi connectivity index (χ3v) is 1.93. The number of hydrogen-bond acceptors (Lipinski definition) is 4. The van der Waals surface area contributed by atoms with Crippen molar-refractivity contribution in [3.63, 3.8) is 0 Å². The first-order valence-corrected chi connectivity index (χ1v) is 4.73. The molecule has 6 heteroatoms. The summed E-state index contributed by atoms with van der Waals surface area (Å²) in [4.78, 5) is 11.5. The summed E-state index contributed by atoms with van der Waals surface area (Å²) in [6.07, 6.45) is 0.563. The van der Waals surface area contributed by atoms with Gasteiger partial charge in [-0.15, -0.1) is 0 Å². The second kappa shape index (κ2) is 5.66. The lowest BCUT2D eigenvalue weighted by atomic mass is 10.1.